The summed E-state index contributed by atoms with van der Waals surface area (Å²) in [6.07, 6.45) is 1.93. The van der Waals surface area contributed by atoms with E-state index in [2.05, 4.69) is 48.8 Å². The van der Waals surface area contributed by atoms with Crippen LogP contribution in [0.4, 0.5) is 0 Å². The summed E-state index contributed by atoms with van der Waals surface area (Å²) in [7, 11) is 0. The Labute approximate surface area is 115 Å². The van der Waals surface area contributed by atoms with Gasteiger partial charge in [0.05, 0.1) is 31.5 Å². The molecule has 4 nitrogen and oxygen atoms in total. The number of fused-ring (bicyclic) bond motifs is 1. The number of halogens is 1. The highest BCUT2D eigenvalue weighted by Crippen LogP contribution is 2.23. The zero-order chi connectivity index (χ0) is 12.4. The Morgan fingerprint density at radius 3 is 2.89 bits per heavy atom. The molecule has 1 aliphatic rings. The van der Waals surface area contributed by atoms with Gasteiger partial charge in [-0.1, -0.05) is 22.0 Å². The molecule has 2 heterocycles. The van der Waals surface area contributed by atoms with Crippen molar-refractivity contribution in [2.24, 2.45) is 0 Å². The van der Waals surface area contributed by atoms with E-state index in [9.17, 15) is 0 Å². The first kappa shape index (κ1) is 12.1. The summed E-state index contributed by atoms with van der Waals surface area (Å²) in [5.74, 6) is 0. The molecule has 0 radical (unpaired) electrons. The predicted molar refractivity (Wildman–Crippen MR) is 74.7 cm³/mol. The number of morpholine rings is 1. The lowest BCUT2D eigenvalue weighted by atomic mass is 10.2. The molecule has 1 aliphatic heterocycles. The molecule has 1 saturated heterocycles. The molecule has 0 bridgehead atoms. The van der Waals surface area contributed by atoms with Crippen LogP contribution < -0.4 is 0 Å². The maximum atomic E-state index is 5.35. The average Bonchev–Trinajstić information content (AvgIpc) is 2.82. The molecule has 96 valence electrons. The van der Waals surface area contributed by atoms with Crippen LogP contribution in [0.25, 0.3) is 10.9 Å². The summed E-state index contributed by atoms with van der Waals surface area (Å²) in [6, 6.07) is 6.22. The van der Waals surface area contributed by atoms with Crippen molar-refractivity contribution in [3.05, 3.63) is 28.9 Å². The monoisotopic (exact) mass is 309 g/mol. The second-order valence-corrected chi connectivity index (χ2v) is 5.35. The fourth-order valence-electron chi connectivity index (χ4n) is 2.31. The van der Waals surface area contributed by atoms with Crippen LogP contribution in [0.1, 0.15) is 0 Å². The number of aromatic nitrogens is 2. The van der Waals surface area contributed by atoms with E-state index in [-0.39, 0.29) is 0 Å². The lowest BCUT2D eigenvalue weighted by molar-refractivity contribution is 0.0361. The van der Waals surface area contributed by atoms with Crippen molar-refractivity contribution >= 4 is 26.8 Å². The van der Waals surface area contributed by atoms with Gasteiger partial charge in [-0.05, 0) is 12.1 Å². The van der Waals surface area contributed by atoms with Gasteiger partial charge in [0.2, 0.25) is 0 Å². The number of rotatable bonds is 3. The predicted octanol–water partition coefficient (Wildman–Crippen LogP) is 2.13. The minimum atomic E-state index is 0.853. The molecule has 0 N–H and O–H groups in total. The van der Waals surface area contributed by atoms with Gasteiger partial charge in [0.15, 0.2) is 0 Å². The molecule has 0 aliphatic carbocycles. The Bertz CT molecular complexity index is 534. The molecule has 0 unspecified atom stereocenters. The highest BCUT2D eigenvalue weighted by atomic mass is 79.9. The molecule has 1 fully saturated rings. The van der Waals surface area contributed by atoms with Crippen molar-refractivity contribution in [3.63, 3.8) is 0 Å². The summed E-state index contributed by atoms with van der Waals surface area (Å²) in [5, 5.41) is 5.65. The van der Waals surface area contributed by atoms with Gasteiger partial charge < -0.3 is 4.74 Å². The van der Waals surface area contributed by atoms with Crippen LogP contribution >= 0.6 is 15.9 Å². The molecule has 1 aromatic carbocycles. The summed E-state index contributed by atoms with van der Waals surface area (Å²) in [5.41, 5.74) is 1.19. The lowest BCUT2D eigenvalue weighted by Crippen LogP contribution is -2.38. The summed E-state index contributed by atoms with van der Waals surface area (Å²) in [6.45, 7) is 5.73. The minimum Gasteiger partial charge on any atom is -0.379 e. The van der Waals surface area contributed by atoms with Crippen molar-refractivity contribution in [2.75, 3.05) is 32.8 Å². The molecule has 5 heteroatoms. The second kappa shape index (κ2) is 5.38. The summed E-state index contributed by atoms with van der Waals surface area (Å²) >= 11 is 3.56. The van der Waals surface area contributed by atoms with Gasteiger partial charge in [-0.3, -0.25) is 9.58 Å². The Morgan fingerprint density at radius 2 is 2.06 bits per heavy atom. The van der Waals surface area contributed by atoms with Crippen molar-refractivity contribution < 1.29 is 4.74 Å². The first-order valence-electron chi connectivity index (χ1n) is 6.25. The van der Waals surface area contributed by atoms with Gasteiger partial charge >= 0.3 is 0 Å². The Balaban J connectivity index is 1.72. The minimum absolute atomic E-state index is 0.853. The van der Waals surface area contributed by atoms with Gasteiger partial charge in [0.1, 0.15) is 0 Å². The van der Waals surface area contributed by atoms with Crippen molar-refractivity contribution in [2.45, 2.75) is 6.54 Å². The van der Waals surface area contributed by atoms with E-state index in [1.165, 1.54) is 10.9 Å². The Hall–Kier alpha value is -0.910. The number of benzene rings is 1. The standard InChI is InChI=1S/C13H16BrN3O/c14-12-2-1-3-13-11(12)10-15-17(13)5-4-16-6-8-18-9-7-16/h1-3,10H,4-9H2. The van der Waals surface area contributed by atoms with Crippen LogP contribution in [-0.2, 0) is 11.3 Å². The molecule has 1 aromatic heterocycles. The van der Waals surface area contributed by atoms with E-state index in [1.807, 2.05) is 6.20 Å². The highest BCUT2D eigenvalue weighted by Gasteiger charge is 2.11. The SMILES string of the molecule is Brc1cccc2c1cnn2CCN1CCOCC1. The molecule has 18 heavy (non-hydrogen) atoms. The molecule has 2 aromatic rings. The van der Waals surface area contributed by atoms with Gasteiger partial charge in [-0.15, -0.1) is 0 Å². The fourth-order valence-corrected chi connectivity index (χ4v) is 2.77. The van der Waals surface area contributed by atoms with Crippen molar-refractivity contribution in [3.8, 4) is 0 Å². The first-order chi connectivity index (χ1) is 8.84. The van der Waals surface area contributed by atoms with Crippen LogP contribution in [0.15, 0.2) is 28.9 Å². The molecule has 3 rings (SSSR count). The zero-order valence-electron chi connectivity index (χ0n) is 10.2. The third-order valence-electron chi connectivity index (χ3n) is 3.37. The van der Waals surface area contributed by atoms with Crippen LogP contribution in [0.2, 0.25) is 0 Å². The van der Waals surface area contributed by atoms with E-state index in [4.69, 9.17) is 4.74 Å². The molecule has 0 atom stereocenters. The third kappa shape index (κ3) is 2.43. The third-order valence-corrected chi connectivity index (χ3v) is 4.06. The lowest BCUT2D eigenvalue weighted by Gasteiger charge is -2.26. The molecule has 0 spiro atoms. The van der Waals surface area contributed by atoms with E-state index in [0.29, 0.717) is 0 Å². The number of nitrogens with zero attached hydrogens (tertiary/aromatic N) is 3. The molecule has 0 amide bonds. The van der Waals surface area contributed by atoms with E-state index in [1.54, 1.807) is 0 Å². The quantitative estimate of drug-likeness (QED) is 0.870. The number of hydrogen-bond donors (Lipinski definition) is 0. The largest absolute Gasteiger partial charge is 0.379 e. The van der Waals surface area contributed by atoms with Crippen LogP contribution in [0.5, 0.6) is 0 Å². The summed E-state index contributed by atoms with van der Waals surface area (Å²) < 4.78 is 8.54. The maximum absolute atomic E-state index is 5.35. The number of ether oxygens (including phenoxy) is 1. The summed E-state index contributed by atoms with van der Waals surface area (Å²) in [4.78, 5) is 2.43. The van der Waals surface area contributed by atoms with Crippen LogP contribution in [0, 0.1) is 0 Å². The fraction of sp³-hybridized carbons (Fsp3) is 0.462. The van der Waals surface area contributed by atoms with Crippen LogP contribution in [0.3, 0.4) is 0 Å². The topological polar surface area (TPSA) is 30.3 Å². The smallest absolute Gasteiger partial charge is 0.0694 e. The van der Waals surface area contributed by atoms with Gasteiger partial charge in [0.25, 0.3) is 0 Å². The van der Waals surface area contributed by atoms with Crippen molar-refractivity contribution in [1.82, 2.24) is 14.7 Å². The Kier molecular flexibility index (Phi) is 3.63. The highest BCUT2D eigenvalue weighted by molar-refractivity contribution is 9.10. The van der Waals surface area contributed by atoms with E-state index >= 15 is 0 Å². The molecular formula is C13H16BrN3O. The van der Waals surface area contributed by atoms with Crippen LogP contribution in [-0.4, -0.2) is 47.5 Å². The van der Waals surface area contributed by atoms with E-state index < -0.39 is 0 Å². The van der Waals surface area contributed by atoms with Gasteiger partial charge in [-0.2, -0.15) is 5.10 Å². The normalized spacial score (nSPS) is 17.4. The second-order valence-electron chi connectivity index (χ2n) is 4.49. The molecular weight excluding hydrogens is 294 g/mol. The van der Waals surface area contributed by atoms with Gasteiger partial charge in [-0.25, -0.2) is 0 Å². The average molecular weight is 310 g/mol. The maximum Gasteiger partial charge on any atom is 0.0694 e. The molecule has 0 saturated carbocycles. The first-order valence-corrected chi connectivity index (χ1v) is 7.04. The number of hydrogen-bond acceptors (Lipinski definition) is 3. The Morgan fingerprint density at radius 1 is 1.22 bits per heavy atom. The van der Waals surface area contributed by atoms with E-state index in [0.717, 1.165) is 43.9 Å². The zero-order valence-corrected chi connectivity index (χ0v) is 11.8. The van der Waals surface area contributed by atoms with Gasteiger partial charge in [0, 0.05) is 29.5 Å². The van der Waals surface area contributed by atoms with Crippen molar-refractivity contribution in [1.29, 1.82) is 0 Å².